The lowest BCUT2D eigenvalue weighted by atomic mass is 10.1. The summed E-state index contributed by atoms with van der Waals surface area (Å²) < 4.78 is 5.47. The van der Waals surface area contributed by atoms with Crippen LogP contribution in [0, 0.1) is 0 Å². The molecule has 2 saturated heterocycles. The summed E-state index contributed by atoms with van der Waals surface area (Å²) >= 11 is 0. The molecule has 1 amide bonds. The van der Waals surface area contributed by atoms with Crippen LogP contribution in [0.5, 0.6) is 0 Å². The number of piperidine rings is 1. The zero-order valence-corrected chi connectivity index (χ0v) is 10.2. The summed E-state index contributed by atoms with van der Waals surface area (Å²) in [7, 11) is 0. The van der Waals surface area contributed by atoms with Gasteiger partial charge in [-0.2, -0.15) is 0 Å². The predicted octanol–water partition coefficient (Wildman–Crippen LogP) is 0.720. The zero-order chi connectivity index (χ0) is 11.4. The molecule has 4 nitrogen and oxygen atoms in total. The molecule has 0 N–H and O–H groups in total. The highest BCUT2D eigenvalue weighted by molar-refractivity contribution is 5.78. The summed E-state index contributed by atoms with van der Waals surface area (Å²) in [4.78, 5) is 16.2. The third-order valence-electron chi connectivity index (χ3n) is 3.39. The number of hydrogen-bond acceptors (Lipinski definition) is 3. The number of morpholine rings is 1. The van der Waals surface area contributed by atoms with Crippen LogP contribution in [0.3, 0.4) is 0 Å². The molecule has 2 aliphatic heterocycles. The first-order valence-electron chi connectivity index (χ1n) is 6.37. The van der Waals surface area contributed by atoms with Crippen LogP contribution in [-0.4, -0.2) is 61.1 Å². The van der Waals surface area contributed by atoms with E-state index in [9.17, 15) is 4.79 Å². The Morgan fingerprint density at radius 2 is 2.00 bits per heavy atom. The summed E-state index contributed by atoms with van der Waals surface area (Å²) in [6.45, 7) is 7.10. The fourth-order valence-corrected chi connectivity index (χ4v) is 2.47. The molecule has 0 aromatic carbocycles. The van der Waals surface area contributed by atoms with Crippen LogP contribution in [0.15, 0.2) is 0 Å². The molecule has 0 aliphatic carbocycles. The highest BCUT2D eigenvalue weighted by Crippen LogP contribution is 2.10. The van der Waals surface area contributed by atoms with E-state index in [1.54, 1.807) is 0 Å². The molecule has 16 heavy (non-hydrogen) atoms. The minimum absolute atomic E-state index is 0.267. The second-order valence-corrected chi connectivity index (χ2v) is 4.86. The van der Waals surface area contributed by atoms with E-state index in [1.165, 1.54) is 19.3 Å². The van der Waals surface area contributed by atoms with E-state index in [0.717, 1.165) is 32.8 Å². The highest BCUT2D eigenvalue weighted by atomic mass is 16.5. The largest absolute Gasteiger partial charge is 0.376 e. The van der Waals surface area contributed by atoms with Crippen molar-refractivity contribution in [2.45, 2.75) is 32.3 Å². The maximum absolute atomic E-state index is 12.0. The van der Waals surface area contributed by atoms with Crippen molar-refractivity contribution in [1.82, 2.24) is 9.80 Å². The van der Waals surface area contributed by atoms with Gasteiger partial charge in [0.2, 0.25) is 5.91 Å². The summed E-state index contributed by atoms with van der Waals surface area (Å²) in [6, 6.07) is 0. The Bertz CT molecular complexity index is 239. The maximum atomic E-state index is 12.0. The lowest BCUT2D eigenvalue weighted by molar-refractivity contribution is -0.135. The molecule has 2 aliphatic rings. The Labute approximate surface area is 97.5 Å². The van der Waals surface area contributed by atoms with E-state index < -0.39 is 0 Å². The van der Waals surface area contributed by atoms with Gasteiger partial charge >= 0.3 is 0 Å². The van der Waals surface area contributed by atoms with E-state index in [-0.39, 0.29) is 6.10 Å². The fourth-order valence-electron chi connectivity index (χ4n) is 2.47. The zero-order valence-electron chi connectivity index (χ0n) is 10.2. The summed E-state index contributed by atoms with van der Waals surface area (Å²) in [5, 5.41) is 0. The molecular weight excluding hydrogens is 204 g/mol. The molecule has 0 bridgehead atoms. The average molecular weight is 226 g/mol. The van der Waals surface area contributed by atoms with Crippen molar-refractivity contribution in [1.29, 1.82) is 0 Å². The van der Waals surface area contributed by atoms with E-state index in [4.69, 9.17) is 4.74 Å². The average Bonchev–Trinajstić information content (AvgIpc) is 2.30. The van der Waals surface area contributed by atoms with Gasteiger partial charge in [-0.05, 0) is 26.2 Å². The normalized spacial score (nSPS) is 28.1. The van der Waals surface area contributed by atoms with Gasteiger partial charge in [-0.1, -0.05) is 0 Å². The van der Waals surface area contributed by atoms with E-state index in [0.29, 0.717) is 12.5 Å². The van der Waals surface area contributed by atoms with Gasteiger partial charge in [-0.25, -0.2) is 0 Å². The first-order chi connectivity index (χ1) is 7.75. The molecule has 4 heteroatoms. The molecular formula is C12H22N2O2. The van der Waals surface area contributed by atoms with Gasteiger partial charge in [0.15, 0.2) is 0 Å². The van der Waals surface area contributed by atoms with Crippen molar-refractivity contribution >= 4 is 5.91 Å². The minimum Gasteiger partial charge on any atom is -0.376 e. The third kappa shape index (κ3) is 3.19. The van der Waals surface area contributed by atoms with Gasteiger partial charge in [-0.3, -0.25) is 9.69 Å². The SMILES string of the molecule is CC1CN(CC(=O)N2CCCCC2)CCO1. The van der Waals surface area contributed by atoms with Crippen molar-refractivity contribution < 1.29 is 9.53 Å². The Morgan fingerprint density at radius 3 is 2.69 bits per heavy atom. The Kier molecular flexibility index (Phi) is 4.18. The molecule has 0 radical (unpaired) electrons. The maximum Gasteiger partial charge on any atom is 0.236 e. The summed E-state index contributed by atoms with van der Waals surface area (Å²) in [5.74, 6) is 0.300. The molecule has 1 unspecified atom stereocenters. The quantitative estimate of drug-likeness (QED) is 0.695. The Morgan fingerprint density at radius 1 is 1.25 bits per heavy atom. The molecule has 0 saturated carbocycles. The van der Waals surface area contributed by atoms with Crippen LogP contribution in [0.4, 0.5) is 0 Å². The smallest absolute Gasteiger partial charge is 0.236 e. The standard InChI is InChI=1S/C12H22N2O2/c1-11-9-13(7-8-16-11)10-12(15)14-5-3-2-4-6-14/h11H,2-10H2,1H3. The van der Waals surface area contributed by atoms with Crippen molar-refractivity contribution in [3.8, 4) is 0 Å². The number of hydrogen-bond donors (Lipinski definition) is 0. The number of rotatable bonds is 2. The van der Waals surface area contributed by atoms with Crippen molar-refractivity contribution in [2.24, 2.45) is 0 Å². The molecule has 0 spiro atoms. The molecule has 1 atom stereocenters. The second-order valence-electron chi connectivity index (χ2n) is 4.86. The van der Waals surface area contributed by atoms with Crippen LogP contribution >= 0.6 is 0 Å². The van der Waals surface area contributed by atoms with Crippen molar-refractivity contribution in [3.63, 3.8) is 0 Å². The second kappa shape index (κ2) is 5.64. The van der Waals surface area contributed by atoms with Crippen LogP contribution in [0.25, 0.3) is 0 Å². The first kappa shape index (κ1) is 11.9. The Balaban J connectivity index is 1.77. The fraction of sp³-hybridized carbons (Fsp3) is 0.917. The predicted molar refractivity (Wildman–Crippen MR) is 62.3 cm³/mol. The highest BCUT2D eigenvalue weighted by Gasteiger charge is 2.22. The van der Waals surface area contributed by atoms with Gasteiger partial charge in [0.1, 0.15) is 0 Å². The van der Waals surface area contributed by atoms with Gasteiger partial charge in [0.05, 0.1) is 19.3 Å². The number of amides is 1. The molecule has 2 rings (SSSR count). The number of nitrogens with zero attached hydrogens (tertiary/aromatic N) is 2. The van der Waals surface area contributed by atoms with Crippen LogP contribution in [0.1, 0.15) is 26.2 Å². The first-order valence-corrected chi connectivity index (χ1v) is 6.37. The number of ether oxygens (including phenoxy) is 1. The van der Waals surface area contributed by atoms with E-state index >= 15 is 0 Å². The van der Waals surface area contributed by atoms with Crippen LogP contribution in [0.2, 0.25) is 0 Å². The molecule has 0 aromatic rings. The van der Waals surface area contributed by atoms with Gasteiger partial charge in [-0.15, -0.1) is 0 Å². The van der Waals surface area contributed by atoms with Crippen molar-refractivity contribution in [2.75, 3.05) is 39.3 Å². The lowest BCUT2D eigenvalue weighted by Crippen LogP contribution is -2.48. The molecule has 2 fully saturated rings. The van der Waals surface area contributed by atoms with Gasteiger partial charge in [0.25, 0.3) is 0 Å². The van der Waals surface area contributed by atoms with E-state index in [1.807, 2.05) is 4.90 Å². The number of carbonyl (C=O) groups excluding carboxylic acids is 1. The molecule has 2 heterocycles. The Hall–Kier alpha value is -0.610. The summed E-state index contributed by atoms with van der Waals surface area (Å²) in [6.07, 6.45) is 3.89. The number of likely N-dealkylation sites (tertiary alicyclic amines) is 1. The van der Waals surface area contributed by atoms with Gasteiger partial charge in [0, 0.05) is 26.2 Å². The molecule has 92 valence electrons. The van der Waals surface area contributed by atoms with Crippen LogP contribution < -0.4 is 0 Å². The van der Waals surface area contributed by atoms with Gasteiger partial charge < -0.3 is 9.64 Å². The lowest BCUT2D eigenvalue weighted by Gasteiger charge is -2.33. The third-order valence-corrected chi connectivity index (χ3v) is 3.39. The summed E-state index contributed by atoms with van der Waals surface area (Å²) in [5.41, 5.74) is 0. The van der Waals surface area contributed by atoms with E-state index in [2.05, 4.69) is 11.8 Å². The molecule has 0 aromatic heterocycles. The number of carbonyl (C=O) groups is 1. The monoisotopic (exact) mass is 226 g/mol. The minimum atomic E-state index is 0.267. The van der Waals surface area contributed by atoms with Crippen LogP contribution in [-0.2, 0) is 9.53 Å². The topological polar surface area (TPSA) is 32.8 Å². The van der Waals surface area contributed by atoms with Crippen molar-refractivity contribution in [3.05, 3.63) is 0 Å².